The van der Waals surface area contributed by atoms with Gasteiger partial charge in [-0.15, -0.1) is 36.2 Å². The van der Waals surface area contributed by atoms with Crippen LogP contribution in [-0.4, -0.2) is 10.9 Å². The highest BCUT2D eigenvalue weighted by Crippen LogP contribution is 2.16. The van der Waals surface area contributed by atoms with E-state index in [0.29, 0.717) is 5.13 Å². The first-order chi connectivity index (χ1) is 8.63. The predicted molar refractivity (Wildman–Crippen MR) is 90.3 cm³/mol. The van der Waals surface area contributed by atoms with Gasteiger partial charge in [0.05, 0.1) is 11.4 Å². The number of aliphatic imine (C=N–C) groups is 1. The molecule has 20 heavy (non-hydrogen) atoms. The maximum Gasteiger partial charge on any atom is 0.191 e. The van der Waals surface area contributed by atoms with Gasteiger partial charge < -0.3 is 17.2 Å². The average Bonchev–Trinajstić information content (AvgIpc) is 2.74. The second kappa shape index (κ2) is 8.63. The summed E-state index contributed by atoms with van der Waals surface area (Å²) in [5.41, 5.74) is 19.2. The summed E-state index contributed by atoms with van der Waals surface area (Å²) < 4.78 is 0. The van der Waals surface area contributed by atoms with Crippen LogP contribution in [-0.2, 0) is 12.8 Å². The number of thiazole rings is 1. The van der Waals surface area contributed by atoms with Crippen molar-refractivity contribution < 1.29 is 0 Å². The van der Waals surface area contributed by atoms with Gasteiger partial charge in [-0.05, 0) is 30.5 Å². The Balaban J connectivity index is 0.00000180. The van der Waals surface area contributed by atoms with E-state index in [0.717, 1.165) is 24.2 Å². The van der Waals surface area contributed by atoms with Gasteiger partial charge in [-0.3, -0.25) is 0 Å². The molecule has 110 valence electrons. The molecule has 1 aromatic carbocycles. The summed E-state index contributed by atoms with van der Waals surface area (Å²) in [4.78, 5) is 8.19. The molecular weight excluding hydrogens is 317 g/mol. The van der Waals surface area contributed by atoms with E-state index in [1.807, 2.05) is 29.6 Å². The molecule has 0 saturated carbocycles. The zero-order chi connectivity index (χ0) is 13.0. The zero-order valence-corrected chi connectivity index (χ0v) is 13.1. The Kier molecular flexibility index (Phi) is 7.98. The van der Waals surface area contributed by atoms with Gasteiger partial charge in [0.1, 0.15) is 0 Å². The maximum absolute atomic E-state index is 5.58. The van der Waals surface area contributed by atoms with E-state index in [9.17, 15) is 0 Å². The van der Waals surface area contributed by atoms with Crippen molar-refractivity contribution in [3.8, 4) is 0 Å². The monoisotopic (exact) mass is 333 g/mol. The van der Waals surface area contributed by atoms with Crippen LogP contribution in [0, 0.1) is 0 Å². The molecule has 8 heteroatoms. The number of nitrogen functional groups attached to an aromatic ring is 1. The fourth-order valence-electron chi connectivity index (χ4n) is 1.60. The van der Waals surface area contributed by atoms with Crippen molar-refractivity contribution in [1.82, 2.24) is 4.98 Å². The lowest BCUT2D eigenvalue weighted by Crippen LogP contribution is -2.21. The highest BCUT2D eigenvalue weighted by molar-refractivity contribution is 7.13. The number of rotatable bonds is 4. The van der Waals surface area contributed by atoms with Crippen LogP contribution in [0.5, 0.6) is 0 Å². The lowest BCUT2D eigenvalue weighted by Gasteiger charge is -2.00. The number of aromatic nitrogens is 1. The van der Waals surface area contributed by atoms with E-state index in [1.54, 1.807) is 0 Å². The molecule has 0 spiro atoms. The minimum atomic E-state index is 0. The molecule has 0 saturated heterocycles. The number of benzene rings is 1. The molecule has 0 atom stereocenters. The molecule has 1 heterocycles. The first-order valence-electron chi connectivity index (χ1n) is 5.52. The fourth-order valence-corrected chi connectivity index (χ4v) is 2.19. The topological polar surface area (TPSA) is 103 Å². The number of hydrogen-bond acceptors (Lipinski definition) is 4. The third kappa shape index (κ3) is 5.64. The van der Waals surface area contributed by atoms with Crippen LogP contribution < -0.4 is 17.2 Å². The SMILES string of the molecule is Cl.Cl.NC(N)=Nc1ccc(CCc2csc(N)n2)cc1. The third-order valence-electron chi connectivity index (χ3n) is 2.43. The van der Waals surface area contributed by atoms with Gasteiger partial charge >= 0.3 is 0 Å². The first kappa shape index (κ1) is 18.5. The third-order valence-corrected chi connectivity index (χ3v) is 3.16. The molecule has 0 unspecified atom stereocenters. The zero-order valence-electron chi connectivity index (χ0n) is 10.7. The fraction of sp³-hybridized carbons (Fsp3) is 0.167. The Morgan fingerprint density at radius 3 is 2.25 bits per heavy atom. The van der Waals surface area contributed by atoms with E-state index in [4.69, 9.17) is 17.2 Å². The highest BCUT2D eigenvalue weighted by Gasteiger charge is 2.00. The number of hydrogen-bond donors (Lipinski definition) is 3. The molecule has 6 N–H and O–H groups in total. The minimum absolute atomic E-state index is 0. The Morgan fingerprint density at radius 2 is 1.75 bits per heavy atom. The molecular formula is C12H17Cl2N5S. The molecule has 0 aliphatic heterocycles. The Bertz CT molecular complexity index is 549. The summed E-state index contributed by atoms with van der Waals surface area (Å²) in [7, 11) is 0. The van der Waals surface area contributed by atoms with Gasteiger partial charge in [0, 0.05) is 5.38 Å². The van der Waals surface area contributed by atoms with Gasteiger partial charge in [0.15, 0.2) is 11.1 Å². The average molecular weight is 334 g/mol. The van der Waals surface area contributed by atoms with Gasteiger partial charge in [0.25, 0.3) is 0 Å². The van der Waals surface area contributed by atoms with Crippen molar-refractivity contribution in [2.75, 3.05) is 5.73 Å². The molecule has 5 nitrogen and oxygen atoms in total. The normalized spacial score (nSPS) is 9.20. The number of halogens is 2. The van der Waals surface area contributed by atoms with Crippen molar-refractivity contribution in [3.63, 3.8) is 0 Å². The molecule has 0 radical (unpaired) electrons. The molecule has 0 bridgehead atoms. The number of anilines is 1. The molecule has 2 aromatic rings. The molecule has 0 aliphatic rings. The summed E-state index contributed by atoms with van der Waals surface area (Å²) in [6, 6.07) is 7.81. The summed E-state index contributed by atoms with van der Waals surface area (Å²) in [6.45, 7) is 0. The lowest BCUT2D eigenvalue weighted by atomic mass is 10.1. The van der Waals surface area contributed by atoms with Gasteiger partial charge in [0.2, 0.25) is 0 Å². The summed E-state index contributed by atoms with van der Waals surface area (Å²) >= 11 is 1.47. The maximum atomic E-state index is 5.58. The Hall–Kier alpha value is -1.50. The smallest absolute Gasteiger partial charge is 0.191 e. The predicted octanol–water partition coefficient (Wildman–Crippen LogP) is 2.26. The van der Waals surface area contributed by atoms with E-state index in [1.165, 1.54) is 16.9 Å². The van der Waals surface area contributed by atoms with Gasteiger partial charge in [-0.2, -0.15) is 0 Å². The van der Waals surface area contributed by atoms with Crippen LogP contribution in [0.3, 0.4) is 0 Å². The van der Waals surface area contributed by atoms with Gasteiger partial charge in [-0.1, -0.05) is 12.1 Å². The largest absolute Gasteiger partial charge is 0.375 e. The standard InChI is InChI=1S/C12H15N5S.2ClH/c13-11(14)16-9-4-1-8(2-5-9)3-6-10-7-18-12(15)17-10;;/h1-2,4-5,7H,3,6H2,(H2,15,17)(H4,13,14,16);2*1H. The van der Waals surface area contributed by atoms with Crippen molar-refractivity contribution in [2.24, 2.45) is 16.5 Å². The Morgan fingerprint density at radius 1 is 1.10 bits per heavy atom. The molecule has 0 aliphatic carbocycles. The summed E-state index contributed by atoms with van der Waals surface area (Å²) in [5, 5.41) is 2.61. The summed E-state index contributed by atoms with van der Waals surface area (Å²) in [6.07, 6.45) is 1.81. The Labute approximate surface area is 134 Å². The van der Waals surface area contributed by atoms with E-state index in [2.05, 4.69) is 9.98 Å². The highest BCUT2D eigenvalue weighted by atomic mass is 35.5. The first-order valence-corrected chi connectivity index (χ1v) is 6.40. The van der Waals surface area contributed by atoms with Crippen LogP contribution in [0.4, 0.5) is 10.8 Å². The molecule has 0 fully saturated rings. The van der Waals surface area contributed by atoms with Crippen LogP contribution in [0.2, 0.25) is 0 Å². The number of aryl methyl sites for hydroxylation is 2. The molecule has 2 rings (SSSR count). The van der Waals surface area contributed by atoms with E-state index >= 15 is 0 Å². The van der Waals surface area contributed by atoms with E-state index in [-0.39, 0.29) is 30.8 Å². The summed E-state index contributed by atoms with van der Waals surface area (Å²) in [5.74, 6) is 0.0701. The minimum Gasteiger partial charge on any atom is -0.375 e. The lowest BCUT2D eigenvalue weighted by molar-refractivity contribution is 0.927. The van der Waals surface area contributed by atoms with Crippen molar-refractivity contribution in [1.29, 1.82) is 0 Å². The molecule has 1 aromatic heterocycles. The number of nitrogens with two attached hydrogens (primary N) is 3. The quantitative estimate of drug-likeness (QED) is 0.589. The van der Waals surface area contributed by atoms with Crippen LogP contribution in [0.25, 0.3) is 0 Å². The molecule has 0 amide bonds. The van der Waals surface area contributed by atoms with Crippen LogP contribution in [0.1, 0.15) is 11.3 Å². The number of guanidine groups is 1. The van der Waals surface area contributed by atoms with Crippen molar-refractivity contribution in [3.05, 3.63) is 40.9 Å². The second-order valence-electron chi connectivity index (χ2n) is 3.88. The number of nitrogens with zero attached hydrogens (tertiary/aromatic N) is 2. The second-order valence-corrected chi connectivity index (χ2v) is 4.77. The van der Waals surface area contributed by atoms with Crippen molar-refractivity contribution >= 4 is 52.9 Å². The van der Waals surface area contributed by atoms with E-state index < -0.39 is 0 Å². The van der Waals surface area contributed by atoms with Crippen molar-refractivity contribution in [2.45, 2.75) is 12.8 Å². The van der Waals surface area contributed by atoms with Crippen LogP contribution >= 0.6 is 36.2 Å². The van der Waals surface area contributed by atoms with Crippen LogP contribution in [0.15, 0.2) is 34.6 Å². The van der Waals surface area contributed by atoms with Gasteiger partial charge in [-0.25, -0.2) is 9.98 Å².